The molecule has 1 aromatic carbocycles. The Balaban J connectivity index is 1.44. The van der Waals surface area contributed by atoms with Crippen LogP contribution in [-0.2, 0) is 19.8 Å². The summed E-state index contributed by atoms with van der Waals surface area (Å²) in [6.45, 7) is 1.35. The molecule has 10 nitrogen and oxygen atoms in total. The summed E-state index contributed by atoms with van der Waals surface area (Å²) in [4.78, 5) is 47.6. The van der Waals surface area contributed by atoms with Crippen LogP contribution in [0.3, 0.4) is 0 Å². The van der Waals surface area contributed by atoms with Gasteiger partial charge < -0.3 is 9.30 Å². The number of aryl methyl sites for hydroxylation is 1. The zero-order valence-electron chi connectivity index (χ0n) is 22.8. The zero-order chi connectivity index (χ0) is 29.8. The second-order valence-electron chi connectivity index (χ2n) is 10.2. The van der Waals surface area contributed by atoms with Crippen LogP contribution in [0.2, 0.25) is 0 Å². The Bertz CT molecular complexity index is 1910. The highest BCUT2D eigenvalue weighted by Crippen LogP contribution is 2.44. The number of fused-ring (bicyclic) bond motifs is 1. The van der Waals surface area contributed by atoms with Crippen molar-refractivity contribution in [1.82, 2.24) is 34.1 Å². The Morgan fingerprint density at radius 2 is 1.83 bits per heavy atom. The molecule has 1 aliphatic rings. The van der Waals surface area contributed by atoms with Gasteiger partial charge in [0.25, 0.3) is 5.56 Å². The summed E-state index contributed by atoms with van der Waals surface area (Å²) >= 11 is 0. The van der Waals surface area contributed by atoms with Gasteiger partial charge in [-0.3, -0.25) is 14.2 Å². The third kappa shape index (κ3) is 4.91. The molecular formula is C29H24F3N7O3. The molecular weight excluding hydrogens is 551 g/mol. The van der Waals surface area contributed by atoms with Crippen LogP contribution in [0.25, 0.3) is 33.8 Å². The first kappa shape index (κ1) is 27.2. The molecule has 214 valence electrons. The highest BCUT2D eigenvalue weighted by molar-refractivity contribution is 5.96. The molecule has 0 N–H and O–H groups in total. The van der Waals surface area contributed by atoms with Gasteiger partial charge in [-0.15, -0.1) is 0 Å². The van der Waals surface area contributed by atoms with Gasteiger partial charge in [-0.2, -0.15) is 13.2 Å². The van der Waals surface area contributed by atoms with Crippen LogP contribution in [0.5, 0.6) is 5.88 Å². The second kappa shape index (κ2) is 10.2. The van der Waals surface area contributed by atoms with Crippen molar-refractivity contribution in [3.8, 4) is 28.7 Å². The first-order valence-electron chi connectivity index (χ1n) is 13.1. The molecule has 0 bridgehead atoms. The maximum Gasteiger partial charge on any atom is 0.434 e. The van der Waals surface area contributed by atoms with Crippen molar-refractivity contribution in [1.29, 1.82) is 0 Å². The maximum absolute atomic E-state index is 13.5. The zero-order valence-corrected chi connectivity index (χ0v) is 22.8. The predicted molar refractivity (Wildman–Crippen MR) is 146 cm³/mol. The number of Topliss-reactive ketones (excluding diaryl/α,β-unsaturated/α-hetero) is 1. The molecule has 13 heteroatoms. The number of hydrogen-bond donors (Lipinski definition) is 0. The number of aromatic nitrogens is 7. The molecule has 6 rings (SSSR count). The Hall–Kier alpha value is -4.94. The Morgan fingerprint density at radius 1 is 1.10 bits per heavy atom. The van der Waals surface area contributed by atoms with Gasteiger partial charge in [-0.25, -0.2) is 24.9 Å². The van der Waals surface area contributed by atoms with Crippen LogP contribution in [0, 0.1) is 0 Å². The van der Waals surface area contributed by atoms with E-state index in [0.717, 1.165) is 24.7 Å². The van der Waals surface area contributed by atoms with E-state index in [-0.39, 0.29) is 29.7 Å². The molecule has 4 heterocycles. The molecule has 0 radical (unpaired) electrons. The van der Waals surface area contributed by atoms with Crippen molar-refractivity contribution in [2.24, 2.45) is 7.05 Å². The topological polar surface area (TPSA) is 118 Å². The van der Waals surface area contributed by atoms with E-state index in [1.54, 1.807) is 30.5 Å². The number of hydrogen-bond acceptors (Lipinski definition) is 8. The van der Waals surface area contributed by atoms with E-state index in [2.05, 4.69) is 19.9 Å². The number of methoxy groups -OCH3 is 1. The minimum absolute atomic E-state index is 0.0116. The minimum Gasteiger partial charge on any atom is -0.480 e. The average Bonchev–Trinajstić information content (AvgIpc) is 3.74. The Morgan fingerprint density at radius 3 is 2.45 bits per heavy atom. The number of rotatable bonds is 7. The lowest BCUT2D eigenvalue weighted by Crippen LogP contribution is -2.27. The molecule has 1 fully saturated rings. The van der Waals surface area contributed by atoms with Crippen molar-refractivity contribution >= 4 is 16.8 Å². The van der Waals surface area contributed by atoms with Gasteiger partial charge in [-0.1, -0.05) is 24.3 Å². The number of carbonyl (C=O) groups is 1. The third-order valence-corrected chi connectivity index (χ3v) is 7.15. The van der Waals surface area contributed by atoms with Crippen LogP contribution in [0.4, 0.5) is 13.2 Å². The lowest BCUT2D eigenvalue weighted by atomic mass is 10.1. The van der Waals surface area contributed by atoms with E-state index in [4.69, 9.17) is 9.72 Å². The SMILES string of the molecule is COc1ncnc(C2CC2)c1-c1ncc2cc(C(C)=O)c(=O)n(Cc3ccc(-c4nc(C(F)(F)F)cn4C)cc3)c2n1. The lowest BCUT2D eigenvalue weighted by Gasteiger charge is -2.14. The molecule has 42 heavy (non-hydrogen) atoms. The highest BCUT2D eigenvalue weighted by atomic mass is 19.4. The molecule has 0 amide bonds. The number of pyridine rings is 1. The third-order valence-electron chi connectivity index (χ3n) is 7.15. The minimum atomic E-state index is -4.56. The fourth-order valence-corrected chi connectivity index (χ4v) is 4.90. The highest BCUT2D eigenvalue weighted by Gasteiger charge is 2.35. The molecule has 5 aromatic rings. The number of imidazole rings is 1. The fraction of sp³-hybridized carbons (Fsp3) is 0.276. The predicted octanol–water partition coefficient (Wildman–Crippen LogP) is 4.80. The molecule has 0 aliphatic heterocycles. The number of nitrogens with zero attached hydrogens (tertiary/aromatic N) is 7. The molecule has 4 aromatic heterocycles. The standard InChI is InChI=1S/C29H24F3N7O3/c1-15(40)20-10-19-11-33-24(22-23(17-8-9-17)34-14-35-27(22)42-3)37-26(19)39(28(20)41)12-16-4-6-18(7-5-16)25-36-21(13-38(25)2)29(30,31)32/h4-7,10-11,13-14,17H,8-9,12H2,1-3H3. The number of ketones is 1. The van der Waals surface area contributed by atoms with Gasteiger partial charge in [-0.05, 0) is 31.4 Å². The smallest absolute Gasteiger partial charge is 0.434 e. The molecule has 0 unspecified atom stereocenters. The van der Waals surface area contributed by atoms with Crippen LogP contribution in [0.1, 0.15) is 53.0 Å². The summed E-state index contributed by atoms with van der Waals surface area (Å²) in [7, 11) is 2.99. The summed E-state index contributed by atoms with van der Waals surface area (Å²) in [5.74, 6) is 0.593. The molecule has 0 spiro atoms. The maximum atomic E-state index is 13.5. The van der Waals surface area contributed by atoms with Crippen molar-refractivity contribution < 1.29 is 22.7 Å². The van der Waals surface area contributed by atoms with E-state index >= 15 is 0 Å². The van der Waals surface area contributed by atoms with Crippen LogP contribution in [0.15, 0.2) is 53.8 Å². The Kier molecular flexibility index (Phi) is 6.59. The number of ether oxygens (including phenoxy) is 1. The van der Waals surface area contributed by atoms with E-state index in [1.807, 2.05) is 0 Å². The van der Waals surface area contributed by atoms with Gasteiger partial charge in [0.15, 0.2) is 17.3 Å². The quantitative estimate of drug-likeness (QED) is 0.254. The van der Waals surface area contributed by atoms with Crippen molar-refractivity contribution in [2.45, 2.75) is 38.4 Å². The van der Waals surface area contributed by atoms with Crippen molar-refractivity contribution in [2.75, 3.05) is 7.11 Å². The molecule has 0 saturated heterocycles. The van der Waals surface area contributed by atoms with E-state index in [9.17, 15) is 22.8 Å². The lowest BCUT2D eigenvalue weighted by molar-refractivity contribution is -0.140. The summed E-state index contributed by atoms with van der Waals surface area (Å²) in [5, 5.41) is 0.483. The monoisotopic (exact) mass is 575 g/mol. The number of halogens is 3. The van der Waals surface area contributed by atoms with Crippen molar-refractivity contribution in [3.05, 3.63) is 81.9 Å². The van der Waals surface area contributed by atoms with Gasteiger partial charge in [0.1, 0.15) is 23.4 Å². The fourth-order valence-electron chi connectivity index (χ4n) is 4.90. The first-order valence-corrected chi connectivity index (χ1v) is 13.1. The van der Waals surface area contributed by atoms with E-state index in [0.29, 0.717) is 33.6 Å². The van der Waals surface area contributed by atoms with Crippen LogP contribution < -0.4 is 10.3 Å². The largest absolute Gasteiger partial charge is 0.480 e. The summed E-state index contributed by atoms with van der Waals surface area (Å²) in [5.41, 5.74) is 1.23. The van der Waals surface area contributed by atoms with Gasteiger partial charge >= 0.3 is 6.18 Å². The van der Waals surface area contributed by atoms with Crippen molar-refractivity contribution in [3.63, 3.8) is 0 Å². The second-order valence-corrected chi connectivity index (χ2v) is 10.2. The summed E-state index contributed by atoms with van der Waals surface area (Å²) in [6, 6.07) is 8.13. The molecule has 0 atom stereocenters. The van der Waals surface area contributed by atoms with Crippen LogP contribution >= 0.6 is 0 Å². The van der Waals surface area contributed by atoms with Gasteiger partial charge in [0.05, 0.1) is 24.9 Å². The summed E-state index contributed by atoms with van der Waals surface area (Å²) < 4.78 is 47.6. The molecule has 1 saturated carbocycles. The van der Waals surface area contributed by atoms with Gasteiger partial charge in [0, 0.05) is 36.3 Å². The first-order chi connectivity index (χ1) is 20.0. The van der Waals surface area contributed by atoms with Crippen LogP contribution in [-0.4, -0.2) is 46.9 Å². The number of carbonyl (C=O) groups excluding carboxylic acids is 1. The van der Waals surface area contributed by atoms with E-state index in [1.165, 1.54) is 42.6 Å². The number of benzene rings is 1. The molecule has 1 aliphatic carbocycles. The normalized spacial score (nSPS) is 13.5. The Labute approximate surface area is 236 Å². The van der Waals surface area contributed by atoms with E-state index < -0.39 is 23.2 Å². The average molecular weight is 576 g/mol. The summed E-state index contributed by atoms with van der Waals surface area (Å²) in [6.07, 6.45) is 1.30. The van der Waals surface area contributed by atoms with Gasteiger partial charge in [0.2, 0.25) is 5.88 Å². The number of alkyl halides is 3.